The second-order valence-electron chi connectivity index (χ2n) is 5.01. The molecule has 0 aliphatic rings. The Balaban J connectivity index is 1.80. The number of rotatable bonds is 6. The SMILES string of the molecule is COC(=O)c1ccc(/C=N\NC(=O)COc2cccc(C)c2)cc1. The highest BCUT2D eigenvalue weighted by atomic mass is 16.5. The van der Waals surface area contributed by atoms with Gasteiger partial charge in [0.05, 0.1) is 18.9 Å². The van der Waals surface area contributed by atoms with Crippen LogP contribution in [0.4, 0.5) is 0 Å². The summed E-state index contributed by atoms with van der Waals surface area (Å²) in [5, 5.41) is 3.85. The van der Waals surface area contributed by atoms with Crippen molar-refractivity contribution < 1.29 is 19.1 Å². The minimum atomic E-state index is -0.403. The van der Waals surface area contributed by atoms with Crippen LogP contribution in [0.2, 0.25) is 0 Å². The highest BCUT2D eigenvalue weighted by molar-refractivity contribution is 5.90. The lowest BCUT2D eigenvalue weighted by atomic mass is 10.1. The van der Waals surface area contributed by atoms with Crippen LogP contribution in [0.3, 0.4) is 0 Å². The highest BCUT2D eigenvalue weighted by Gasteiger charge is 2.04. The van der Waals surface area contributed by atoms with E-state index in [-0.39, 0.29) is 12.5 Å². The van der Waals surface area contributed by atoms with Crippen LogP contribution in [-0.2, 0) is 9.53 Å². The van der Waals surface area contributed by atoms with E-state index in [9.17, 15) is 9.59 Å². The molecular weight excluding hydrogens is 308 g/mol. The van der Waals surface area contributed by atoms with Gasteiger partial charge in [-0.2, -0.15) is 5.10 Å². The fourth-order valence-electron chi connectivity index (χ4n) is 1.89. The quantitative estimate of drug-likeness (QED) is 0.502. The number of hydrazone groups is 1. The van der Waals surface area contributed by atoms with Gasteiger partial charge in [0, 0.05) is 0 Å². The molecule has 0 saturated heterocycles. The molecule has 0 saturated carbocycles. The van der Waals surface area contributed by atoms with E-state index in [1.54, 1.807) is 30.3 Å². The van der Waals surface area contributed by atoms with E-state index < -0.39 is 5.97 Å². The zero-order chi connectivity index (χ0) is 17.4. The van der Waals surface area contributed by atoms with Gasteiger partial charge in [-0.15, -0.1) is 0 Å². The second-order valence-corrected chi connectivity index (χ2v) is 5.01. The van der Waals surface area contributed by atoms with E-state index in [4.69, 9.17) is 4.74 Å². The molecule has 2 aromatic rings. The van der Waals surface area contributed by atoms with Crippen molar-refractivity contribution in [2.75, 3.05) is 13.7 Å². The van der Waals surface area contributed by atoms with Gasteiger partial charge < -0.3 is 9.47 Å². The molecule has 0 aromatic heterocycles. The van der Waals surface area contributed by atoms with Gasteiger partial charge in [-0.05, 0) is 42.3 Å². The minimum absolute atomic E-state index is 0.123. The first-order valence-electron chi connectivity index (χ1n) is 7.28. The highest BCUT2D eigenvalue weighted by Crippen LogP contribution is 2.11. The van der Waals surface area contributed by atoms with Gasteiger partial charge in [0.25, 0.3) is 5.91 Å². The Morgan fingerprint density at radius 1 is 1.17 bits per heavy atom. The molecule has 0 radical (unpaired) electrons. The summed E-state index contributed by atoms with van der Waals surface area (Å²) in [6, 6.07) is 14.1. The van der Waals surface area contributed by atoms with Crippen LogP contribution in [0.5, 0.6) is 5.75 Å². The third-order valence-electron chi connectivity index (χ3n) is 3.09. The van der Waals surface area contributed by atoms with Gasteiger partial charge in [0.2, 0.25) is 0 Å². The van der Waals surface area contributed by atoms with E-state index in [1.165, 1.54) is 13.3 Å². The molecule has 0 heterocycles. The van der Waals surface area contributed by atoms with Crippen molar-refractivity contribution in [2.45, 2.75) is 6.92 Å². The number of carbonyl (C=O) groups excluding carboxylic acids is 2. The molecule has 24 heavy (non-hydrogen) atoms. The van der Waals surface area contributed by atoms with Crippen molar-refractivity contribution in [1.82, 2.24) is 5.43 Å². The molecule has 0 fully saturated rings. The molecule has 0 spiro atoms. The molecule has 6 heteroatoms. The molecule has 1 N–H and O–H groups in total. The Kier molecular flexibility index (Phi) is 6.08. The zero-order valence-corrected chi connectivity index (χ0v) is 13.5. The normalized spacial score (nSPS) is 10.4. The summed E-state index contributed by atoms with van der Waals surface area (Å²) in [4.78, 5) is 23.0. The summed E-state index contributed by atoms with van der Waals surface area (Å²) < 4.78 is 9.98. The monoisotopic (exact) mass is 326 g/mol. The number of nitrogens with zero attached hydrogens (tertiary/aromatic N) is 1. The molecule has 0 unspecified atom stereocenters. The topological polar surface area (TPSA) is 77.0 Å². The first-order chi connectivity index (χ1) is 11.6. The fraction of sp³-hybridized carbons (Fsp3) is 0.167. The van der Waals surface area contributed by atoms with E-state index in [1.807, 2.05) is 25.1 Å². The van der Waals surface area contributed by atoms with Crippen LogP contribution in [-0.4, -0.2) is 31.8 Å². The van der Waals surface area contributed by atoms with E-state index >= 15 is 0 Å². The van der Waals surface area contributed by atoms with Crippen molar-refractivity contribution >= 4 is 18.1 Å². The maximum atomic E-state index is 11.7. The average Bonchev–Trinajstić information content (AvgIpc) is 2.60. The Bertz CT molecular complexity index is 739. The molecule has 124 valence electrons. The Hall–Kier alpha value is -3.15. The van der Waals surface area contributed by atoms with Crippen LogP contribution in [0.1, 0.15) is 21.5 Å². The third kappa shape index (κ3) is 5.24. The largest absolute Gasteiger partial charge is 0.484 e. The first-order valence-corrected chi connectivity index (χ1v) is 7.28. The molecule has 0 aliphatic carbocycles. The molecule has 0 aliphatic heterocycles. The second kappa shape index (κ2) is 8.47. The van der Waals surface area contributed by atoms with E-state index in [0.717, 1.165) is 11.1 Å². The lowest BCUT2D eigenvalue weighted by molar-refractivity contribution is -0.123. The van der Waals surface area contributed by atoms with Gasteiger partial charge in [-0.1, -0.05) is 24.3 Å². The Morgan fingerprint density at radius 2 is 1.92 bits per heavy atom. The predicted molar refractivity (Wildman–Crippen MR) is 90.2 cm³/mol. The van der Waals surface area contributed by atoms with Crippen LogP contribution < -0.4 is 10.2 Å². The van der Waals surface area contributed by atoms with Crippen LogP contribution in [0.15, 0.2) is 53.6 Å². The van der Waals surface area contributed by atoms with Crippen LogP contribution in [0, 0.1) is 6.92 Å². The number of benzene rings is 2. The number of nitrogens with one attached hydrogen (secondary N) is 1. The number of carbonyl (C=O) groups is 2. The Labute approximate surface area is 140 Å². The number of ether oxygens (including phenoxy) is 2. The van der Waals surface area contributed by atoms with Crippen LogP contribution in [0.25, 0.3) is 0 Å². The number of hydrogen-bond donors (Lipinski definition) is 1. The molecular formula is C18H18N2O4. The lowest BCUT2D eigenvalue weighted by Gasteiger charge is -2.05. The van der Waals surface area contributed by atoms with Crippen molar-refractivity contribution in [3.63, 3.8) is 0 Å². The Morgan fingerprint density at radius 3 is 2.58 bits per heavy atom. The fourth-order valence-corrected chi connectivity index (χ4v) is 1.89. The van der Waals surface area contributed by atoms with Crippen molar-refractivity contribution in [3.8, 4) is 5.75 Å². The van der Waals surface area contributed by atoms with E-state index in [0.29, 0.717) is 11.3 Å². The zero-order valence-electron chi connectivity index (χ0n) is 13.5. The van der Waals surface area contributed by atoms with Crippen molar-refractivity contribution in [2.24, 2.45) is 5.10 Å². The number of amides is 1. The van der Waals surface area contributed by atoms with E-state index in [2.05, 4.69) is 15.3 Å². The van der Waals surface area contributed by atoms with Gasteiger partial charge >= 0.3 is 5.97 Å². The number of hydrogen-bond acceptors (Lipinski definition) is 5. The lowest BCUT2D eigenvalue weighted by Crippen LogP contribution is -2.24. The van der Waals surface area contributed by atoms with Gasteiger partial charge in [-0.3, -0.25) is 4.79 Å². The summed E-state index contributed by atoms with van der Waals surface area (Å²) in [5.74, 6) is -0.133. The number of methoxy groups -OCH3 is 1. The molecule has 1 amide bonds. The summed E-state index contributed by atoms with van der Waals surface area (Å²) in [6.45, 7) is 1.82. The molecule has 0 bridgehead atoms. The van der Waals surface area contributed by atoms with Crippen molar-refractivity contribution in [1.29, 1.82) is 0 Å². The minimum Gasteiger partial charge on any atom is -0.484 e. The number of esters is 1. The summed E-state index contributed by atoms with van der Waals surface area (Å²) in [6.07, 6.45) is 1.48. The summed E-state index contributed by atoms with van der Waals surface area (Å²) in [7, 11) is 1.33. The van der Waals surface area contributed by atoms with Gasteiger partial charge in [0.1, 0.15) is 5.75 Å². The predicted octanol–water partition coefficient (Wildman–Crippen LogP) is 2.31. The molecule has 2 rings (SSSR count). The number of aryl methyl sites for hydroxylation is 1. The average molecular weight is 326 g/mol. The summed E-state index contributed by atoms with van der Waals surface area (Å²) >= 11 is 0. The third-order valence-corrected chi connectivity index (χ3v) is 3.09. The maximum Gasteiger partial charge on any atom is 0.337 e. The standard InChI is InChI=1S/C18H18N2O4/c1-13-4-3-5-16(10-13)24-12-17(21)20-19-11-14-6-8-15(9-7-14)18(22)23-2/h3-11H,12H2,1-2H3,(H,20,21)/b19-11-. The summed E-state index contributed by atoms with van der Waals surface area (Å²) in [5.41, 5.74) is 4.62. The van der Waals surface area contributed by atoms with Crippen molar-refractivity contribution in [3.05, 3.63) is 65.2 Å². The molecule has 0 atom stereocenters. The van der Waals surface area contributed by atoms with Gasteiger partial charge in [-0.25, -0.2) is 10.2 Å². The molecule has 2 aromatic carbocycles. The maximum absolute atomic E-state index is 11.7. The smallest absolute Gasteiger partial charge is 0.337 e. The van der Waals surface area contributed by atoms with Crippen LogP contribution >= 0.6 is 0 Å². The molecule has 6 nitrogen and oxygen atoms in total. The van der Waals surface area contributed by atoms with Gasteiger partial charge in [0.15, 0.2) is 6.61 Å². The first kappa shape index (κ1) is 17.2.